The van der Waals surface area contributed by atoms with E-state index in [2.05, 4.69) is 11.8 Å². The first-order valence-corrected chi connectivity index (χ1v) is 6.87. The fourth-order valence-electron chi connectivity index (χ4n) is 1.74. The standard InChI is InChI=1S/C11H21NO2S/c1-3-14-11(13)4-6-12-7-9-15-8-5-10(12)2/h10H,3-9H2,1-2H3/t10-/m1/s1. The minimum absolute atomic E-state index is 0.0680. The third-order valence-electron chi connectivity index (χ3n) is 2.73. The van der Waals surface area contributed by atoms with E-state index >= 15 is 0 Å². The van der Waals surface area contributed by atoms with Crippen LogP contribution in [0.5, 0.6) is 0 Å². The van der Waals surface area contributed by atoms with Gasteiger partial charge < -0.3 is 4.74 Å². The summed E-state index contributed by atoms with van der Waals surface area (Å²) in [5.41, 5.74) is 0. The largest absolute Gasteiger partial charge is 0.466 e. The second kappa shape index (κ2) is 7.12. The molecule has 1 atom stereocenters. The van der Waals surface area contributed by atoms with Gasteiger partial charge >= 0.3 is 5.97 Å². The fourth-order valence-corrected chi connectivity index (χ4v) is 2.82. The summed E-state index contributed by atoms with van der Waals surface area (Å²) in [6.07, 6.45) is 1.76. The zero-order valence-electron chi connectivity index (χ0n) is 9.70. The smallest absolute Gasteiger partial charge is 0.307 e. The average molecular weight is 231 g/mol. The van der Waals surface area contributed by atoms with Crippen LogP contribution >= 0.6 is 11.8 Å². The minimum Gasteiger partial charge on any atom is -0.466 e. The van der Waals surface area contributed by atoms with Crippen LogP contribution < -0.4 is 0 Å². The molecule has 0 N–H and O–H groups in total. The van der Waals surface area contributed by atoms with E-state index in [4.69, 9.17) is 4.74 Å². The molecule has 0 amide bonds. The van der Waals surface area contributed by atoms with Crippen molar-refractivity contribution in [1.29, 1.82) is 0 Å². The first-order valence-electron chi connectivity index (χ1n) is 5.71. The number of thioether (sulfide) groups is 1. The van der Waals surface area contributed by atoms with E-state index in [1.165, 1.54) is 17.9 Å². The van der Waals surface area contributed by atoms with Gasteiger partial charge in [-0.25, -0.2) is 0 Å². The molecule has 0 spiro atoms. The molecule has 1 fully saturated rings. The highest BCUT2D eigenvalue weighted by molar-refractivity contribution is 7.99. The van der Waals surface area contributed by atoms with Crippen molar-refractivity contribution >= 4 is 17.7 Å². The predicted molar refractivity (Wildman–Crippen MR) is 64.2 cm³/mol. The van der Waals surface area contributed by atoms with Gasteiger partial charge in [0.25, 0.3) is 0 Å². The van der Waals surface area contributed by atoms with Gasteiger partial charge in [0.05, 0.1) is 13.0 Å². The van der Waals surface area contributed by atoms with E-state index in [0.29, 0.717) is 19.1 Å². The molecular weight excluding hydrogens is 210 g/mol. The van der Waals surface area contributed by atoms with E-state index in [1.807, 2.05) is 18.7 Å². The Balaban J connectivity index is 2.25. The summed E-state index contributed by atoms with van der Waals surface area (Å²) in [5, 5.41) is 0. The second-order valence-electron chi connectivity index (χ2n) is 3.84. The van der Waals surface area contributed by atoms with Crippen LogP contribution in [0, 0.1) is 0 Å². The molecule has 0 saturated carbocycles. The van der Waals surface area contributed by atoms with Crippen molar-refractivity contribution in [3.05, 3.63) is 0 Å². The Hall–Kier alpha value is -0.220. The fraction of sp³-hybridized carbons (Fsp3) is 0.909. The van der Waals surface area contributed by atoms with Gasteiger partial charge in [-0.1, -0.05) is 0 Å². The Labute approximate surface area is 96.5 Å². The summed E-state index contributed by atoms with van der Waals surface area (Å²) in [7, 11) is 0. The van der Waals surface area contributed by atoms with Gasteiger partial charge in [0.2, 0.25) is 0 Å². The number of hydrogen-bond donors (Lipinski definition) is 0. The van der Waals surface area contributed by atoms with Gasteiger partial charge in [0.15, 0.2) is 0 Å². The molecule has 0 aromatic carbocycles. The third-order valence-corrected chi connectivity index (χ3v) is 3.73. The zero-order valence-corrected chi connectivity index (χ0v) is 10.5. The quantitative estimate of drug-likeness (QED) is 0.690. The Morgan fingerprint density at radius 2 is 2.33 bits per heavy atom. The summed E-state index contributed by atoms with van der Waals surface area (Å²) in [4.78, 5) is 13.6. The molecular formula is C11H21NO2S. The zero-order chi connectivity index (χ0) is 11.1. The molecule has 4 heteroatoms. The lowest BCUT2D eigenvalue weighted by atomic mass is 10.2. The summed E-state index contributed by atoms with van der Waals surface area (Å²) in [6.45, 7) is 6.54. The van der Waals surface area contributed by atoms with Gasteiger partial charge in [-0.3, -0.25) is 9.69 Å². The molecule has 0 unspecified atom stereocenters. The summed E-state index contributed by atoms with van der Waals surface area (Å²) < 4.78 is 4.93. The normalized spacial score (nSPS) is 23.5. The summed E-state index contributed by atoms with van der Waals surface area (Å²) >= 11 is 2.01. The Morgan fingerprint density at radius 3 is 3.07 bits per heavy atom. The molecule has 1 aliphatic rings. The predicted octanol–water partition coefficient (Wildman–Crippen LogP) is 1.77. The maximum atomic E-state index is 11.2. The SMILES string of the molecule is CCOC(=O)CCN1CCSCC[C@H]1C. The number of carbonyl (C=O) groups excluding carboxylic acids is 1. The van der Waals surface area contributed by atoms with E-state index in [1.54, 1.807) is 0 Å². The van der Waals surface area contributed by atoms with Crippen LogP contribution in [0.2, 0.25) is 0 Å². The molecule has 1 saturated heterocycles. The van der Waals surface area contributed by atoms with E-state index in [-0.39, 0.29) is 5.97 Å². The van der Waals surface area contributed by atoms with Crippen LogP contribution in [-0.4, -0.2) is 48.1 Å². The Bertz CT molecular complexity index is 199. The third kappa shape index (κ3) is 4.89. The van der Waals surface area contributed by atoms with Crippen LogP contribution in [0.4, 0.5) is 0 Å². The minimum atomic E-state index is -0.0680. The molecule has 88 valence electrons. The van der Waals surface area contributed by atoms with Gasteiger partial charge in [-0.2, -0.15) is 11.8 Å². The van der Waals surface area contributed by atoms with E-state index in [9.17, 15) is 4.79 Å². The average Bonchev–Trinajstić information content (AvgIpc) is 2.41. The van der Waals surface area contributed by atoms with Crippen LogP contribution in [0.15, 0.2) is 0 Å². The Morgan fingerprint density at radius 1 is 1.53 bits per heavy atom. The lowest BCUT2D eigenvalue weighted by Gasteiger charge is -2.25. The maximum Gasteiger partial charge on any atom is 0.307 e. The summed E-state index contributed by atoms with van der Waals surface area (Å²) in [5.74, 6) is 2.37. The number of hydrogen-bond acceptors (Lipinski definition) is 4. The number of ether oxygens (including phenoxy) is 1. The second-order valence-corrected chi connectivity index (χ2v) is 5.07. The van der Waals surface area contributed by atoms with Crippen LogP contribution in [0.3, 0.4) is 0 Å². The lowest BCUT2D eigenvalue weighted by Crippen LogP contribution is -2.35. The molecule has 0 aromatic rings. The highest BCUT2D eigenvalue weighted by Gasteiger charge is 2.17. The topological polar surface area (TPSA) is 29.5 Å². The van der Waals surface area contributed by atoms with Gasteiger partial charge in [-0.15, -0.1) is 0 Å². The van der Waals surface area contributed by atoms with E-state index < -0.39 is 0 Å². The number of carbonyl (C=O) groups is 1. The molecule has 0 aromatic heterocycles. The highest BCUT2D eigenvalue weighted by Crippen LogP contribution is 2.16. The first-order chi connectivity index (χ1) is 7.24. The molecule has 0 aliphatic carbocycles. The molecule has 0 bridgehead atoms. The summed E-state index contributed by atoms with van der Waals surface area (Å²) in [6, 6.07) is 0.606. The molecule has 1 rings (SSSR count). The van der Waals surface area contributed by atoms with Crippen LogP contribution in [-0.2, 0) is 9.53 Å². The van der Waals surface area contributed by atoms with Crippen molar-refractivity contribution in [2.24, 2.45) is 0 Å². The molecule has 1 heterocycles. The van der Waals surface area contributed by atoms with Crippen molar-refractivity contribution in [2.45, 2.75) is 32.7 Å². The number of rotatable bonds is 4. The lowest BCUT2D eigenvalue weighted by molar-refractivity contribution is -0.143. The molecule has 15 heavy (non-hydrogen) atoms. The van der Waals surface area contributed by atoms with Gasteiger partial charge in [0, 0.05) is 24.9 Å². The van der Waals surface area contributed by atoms with Crippen LogP contribution in [0.1, 0.15) is 26.7 Å². The van der Waals surface area contributed by atoms with E-state index in [0.717, 1.165) is 13.1 Å². The molecule has 3 nitrogen and oxygen atoms in total. The van der Waals surface area contributed by atoms with Crippen LogP contribution in [0.25, 0.3) is 0 Å². The maximum absolute atomic E-state index is 11.2. The van der Waals surface area contributed by atoms with Crippen molar-refractivity contribution in [3.8, 4) is 0 Å². The van der Waals surface area contributed by atoms with Crippen molar-refractivity contribution in [1.82, 2.24) is 4.90 Å². The first kappa shape index (κ1) is 12.8. The van der Waals surface area contributed by atoms with Crippen molar-refractivity contribution in [3.63, 3.8) is 0 Å². The van der Waals surface area contributed by atoms with Crippen molar-refractivity contribution < 1.29 is 9.53 Å². The highest BCUT2D eigenvalue weighted by atomic mass is 32.2. The van der Waals surface area contributed by atoms with Gasteiger partial charge in [-0.05, 0) is 26.0 Å². The number of esters is 1. The number of nitrogens with zero attached hydrogens (tertiary/aromatic N) is 1. The molecule has 0 radical (unpaired) electrons. The monoisotopic (exact) mass is 231 g/mol. The van der Waals surface area contributed by atoms with Crippen molar-refractivity contribution in [2.75, 3.05) is 31.2 Å². The van der Waals surface area contributed by atoms with Gasteiger partial charge in [0.1, 0.15) is 0 Å². The molecule has 1 aliphatic heterocycles. The Kier molecular flexibility index (Phi) is 6.10.